The molecule has 1 amide bonds. The summed E-state index contributed by atoms with van der Waals surface area (Å²) in [4.78, 5) is 17.3. The van der Waals surface area contributed by atoms with E-state index in [9.17, 15) is 4.79 Å². The van der Waals surface area contributed by atoms with Crippen molar-refractivity contribution in [1.82, 2.24) is 9.80 Å². The third-order valence-corrected chi connectivity index (χ3v) is 5.86. The van der Waals surface area contributed by atoms with Gasteiger partial charge in [-0.15, -0.1) is 0 Å². The van der Waals surface area contributed by atoms with E-state index in [1.807, 2.05) is 18.7 Å². The Labute approximate surface area is 164 Å². The van der Waals surface area contributed by atoms with Crippen LogP contribution < -0.4 is 0 Å². The first-order valence-corrected chi connectivity index (χ1v) is 10.3. The molecule has 1 saturated heterocycles. The van der Waals surface area contributed by atoms with E-state index >= 15 is 0 Å². The summed E-state index contributed by atoms with van der Waals surface area (Å²) in [5, 5.41) is 0. The van der Waals surface area contributed by atoms with Crippen molar-refractivity contribution in [2.75, 3.05) is 39.9 Å². The van der Waals surface area contributed by atoms with Crippen molar-refractivity contribution in [2.24, 2.45) is 5.92 Å². The monoisotopic (exact) mass is 370 g/mol. The first-order valence-electron chi connectivity index (χ1n) is 10.3. The molecule has 1 atom stereocenters. The van der Waals surface area contributed by atoms with Crippen LogP contribution in [0.25, 0.3) is 0 Å². The molecule has 0 bridgehead atoms. The maximum atomic E-state index is 12.6. The van der Waals surface area contributed by atoms with E-state index in [2.05, 4.69) is 29.2 Å². The molecule has 27 heavy (non-hydrogen) atoms. The molecule has 4 heteroatoms. The maximum absolute atomic E-state index is 12.6. The van der Waals surface area contributed by atoms with Gasteiger partial charge < -0.3 is 9.64 Å². The lowest BCUT2D eigenvalue weighted by atomic mass is 9.95. The zero-order valence-electron chi connectivity index (χ0n) is 17.1. The Bertz CT molecular complexity index is 641. The van der Waals surface area contributed by atoms with Crippen molar-refractivity contribution >= 4 is 5.91 Å². The molecule has 148 valence electrons. The van der Waals surface area contributed by atoms with Crippen molar-refractivity contribution in [2.45, 2.75) is 45.6 Å². The highest BCUT2D eigenvalue weighted by Gasteiger charge is 2.31. The number of methoxy groups -OCH3 is 1. The quantitative estimate of drug-likeness (QED) is 0.691. The van der Waals surface area contributed by atoms with E-state index in [1.165, 1.54) is 43.4 Å². The van der Waals surface area contributed by atoms with Gasteiger partial charge >= 0.3 is 0 Å². The first kappa shape index (κ1) is 20.1. The van der Waals surface area contributed by atoms with Crippen LogP contribution >= 0.6 is 0 Å². The topological polar surface area (TPSA) is 32.8 Å². The van der Waals surface area contributed by atoms with Crippen LogP contribution in [0, 0.1) is 5.92 Å². The van der Waals surface area contributed by atoms with Gasteiger partial charge in [0.2, 0.25) is 5.91 Å². The van der Waals surface area contributed by atoms with Crippen molar-refractivity contribution in [3.05, 3.63) is 47.0 Å². The fourth-order valence-corrected chi connectivity index (χ4v) is 4.51. The maximum Gasteiger partial charge on any atom is 0.246 e. The van der Waals surface area contributed by atoms with Gasteiger partial charge in [0.25, 0.3) is 0 Å². The normalized spacial score (nSPS) is 20.3. The van der Waals surface area contributed by atoms with E-state index in [0.29, 0.717) is 25.1 Å². The Balaban J connectivity index is 1.59. The molecular weight excluding hydrogens is 336 g/mol. The molecule has 1 aliphatic heterocycles. The lowest BCUT2D eigenvalue weighted by molar-refractivity contribution is -0.127. The standard InChI is InChI=1S/C23H34N2O2/c1-18(2)13-23(26)25(11-12-27-3)17-19-7-6-10-24(16-19)22-14-20-8-4-5-9-21(20)15-22/h4-5,8-9,13,19,22H,6-7,10-12,14-17H2,1-3H3. The number of fused-ring (bicyclic) bond motifs is 1. The molecule has 2 aliphatic rings. The number of rotatable bonds is 7. The summed E-state index contributed by atoms with van der Waals surface area (Å²) in [6, 6.07) is 9.50. The van der Waals surface area contributed by atoms with Crippen LogP contribution in [-0.4, -0.2) is 61.6 Å². The summed E-state index contributed by atoms with van der Waals surface area (Å²) in [7, 11) is 1.70. The van der Waals surface area contributed by atoms with Crippen LogP contribution in [-0.2, 0) is 22.4 Å². The van der Waals surface area contributed by atoms with Crippen LogP contribution in [0.5, 0.6) is 0 Å². The highest BCUT2D eigenvalue weighted by molar-refractivity contribution is 5.88. The van der Waals surface area contributed by atoms with Crippen LogP contribution in [0.3, 0.4) is 0 Å². The predicted octanol–water partition coefficient (Wildman–Crippen LogP) is 3.31. The molecule has 0 N–H and O–H groups in total. The Morgan fingerprint density at radius 3 is 2.59 bits per heavy atom. The second-order valence-electron chi connectivity index (χ2n) is 8.33. The van der Waals surface area contributed by atoms with E-state index < -0.39 is 0 Å². The summed E-state index contributed by atoms with van der Waals surface area (Å²) in [5.74, 6) is 0.672. The van der Waals surface area contributed by atoms with E-state index in [-0.39, 0.29) is 5.91 Å². The number of hydrogen-bond donors (Lipinski definition) is 0. The number of ether oxygens (including phenoxy) is 1. The zero-order valence-corrected chi connectivity index (χ0v) is 17.1. The lowest BCUT2D eigenvalue weighted by Crippen LogP contribution is -2.47. The first-order chi connectivity index (χ1) is 13.1. The molecule has 0 spiro atoms. The minimum absolute atomic E-state index is 0.123. The number of amides is 1. The third-order valence-electron chi connectivity index (χ3n) is 5.86. The van der Waals surface area contributed by atoms with Crippen molar-refractivity contribution in [3.63, 3.8) is 0 Å². The van der Waals surface area contributed by atoms with Crippen LogP contribution in [0.1, 0.15) is 37.8 Å². The number of likely N-dealkylation sites (tertiary alicyclic amines) is 1. The molecule has 1 heterocycles. The highest BCUT2D eigenvalue weighted by atomic mass is 16.5. The predicted molar refractivity (Wildman–Crippen MR) is 110 cm³/mol. The van der Waals surface area contributed by atoms with Crippen molar-refractivity contribution in [3.8, 4) is 0 Å². The molecule has 1 unspecified atom stereocenters. The van der Waals surface area contributed by atoms with Gasteiger partial charge in [-0.2, -0.15) is 0 Å². The molecule has 0 radical (unpaired) electrons. The third kappa shape index (κ3) is 5.43. The number of piperidine rings is 1. The van der Waals surface area contributed by atoms with Crippen LogP contribution in [0.2, 0.25) is 0 Å². The average molecular weight is 371 g/mol. The van der Waals surface area contributed by atoms with E-state index in [1.54, 1.807) is 13.2 Å². The van der Waals surface area contributed by atoms with Gasteiger partial charge in [-0.3, -0.25) is 9.69 Å². The Morgan fingerprint density at radius 1 is 1.26 bits per heavy atom. The summed E-state index contributed by atoms with van der Waals surface area (Å²) in [6.07, 6.45) is 6.54. The second kappa shape index (κ2) is 9.52. The largest absolute Gasteiger partial charge is 0.383 e. The van der Waals surface area contributed by atoms with E-state index in [4.69, 9.17) is 4.74 Å². The highest BCUT2D eigenvalue weighted by Crippen LogP contribution is 2.29. The van der Waals surface area contributed by atoms with Crippen molar-refractivity contribution < 1.29 is 9.53 Å². The smallest absolute Gasteiger partial charge is 0.246 e. The summed E-state index contributed by atoms with van der Waals surface area (Å²) in [5.41, 5.74) is 4.09. The molecule has 1 aliphatic carbocycles. The molecule has 0 saturated carbocycles. The fourth-order valence-electron chi connectivity index (χ4n) is 4.51. The second-order valence-corrected chi connectivity index (χ2v) is 8.33. The number of hydrogen-bond acceptors (Lipinski definition) is 3. The molecule has 3 rings (SSSR count). The minimum Gasteiger partial charge on any atom is -0.383 e. The number of benzene rings is 1. The average Bonchev–Trinajstić information content (AvgIpc) is 3.09. The lowest BCUT2D eigenvalue weighted by Gasteiger charge is -2.38. The zero-order chi connectivity index (χ0) is 19.2. The van der Waals surface area contributed by atoms with Gasteiger partial charge in [-0.05, 0) is 63.1 Å². The Hall–Kier alpha value is -1.65. The number of allylic oxidation sites excluding steroid dienone is 1. The van der Waals surface area contributed by atoms with Gasteiger partial charge in [-0.1, -0.05) is 29.8 Å². The molecule has 0 aromatic heterocycles. The molecule has 1 aromatic carbocycles. The van der Waals surface area contributed by atoms with Crippen LogP contribution in [0.15, 0.2) is 35.9 Å². The Kier molecular flexibility index (Phi) is 7.08. The molecule has 1 fully saturated rings. The Morgan fingerprint density at radius 2 is 1.96 bits per heavy atom. The fraction of sp³-hybridized carbons (Fsp3) is 0.609. The number of carbonyl (C=O) groups is 1. The molecule has 4 nitrogen and oxygen atoms in total. The molecule has 1 aromatic rings. The van der Waals surface area contributed by atoms with Gasteiger partial charge in [0.15, 0.2) is 0 Å². The minimum atomic E-state index is 0.123. The van der Waals surface area contributed by atoms with Crippen LogP contribution in [0.4, 0.5) is 0 Å². The summed E-state index contributed by atoms with van der Waals surface area (Å²) < 4.78 is 5.23. The summed E-state index contributed by atoms with van der Waals surface area (Å²) >= 11 is 0. The van der Waals surface area contributed by atoms with Gasteiger partial charge in [0.05, 0.1) is 6.61 Å². The summed E-state index contributed by atoms with van der Waals surface area (Å²) in [6.45, 7) is 8.35. The van der Waals surface area contributed by atoms with Gasteiger partial charge in [-0.25, -0.2) is 0 Å². The van der Waals surface area contributed by atoms with Gasteiger partial charge in [0, 0.05) is 38.9 Å². The van der Waals surface area contributed by atoms with E-state index in [0.717, 1.165) is 18.7 Å². The van der Waals surface area contributed by atoms with Crippen molar-refractivity contribution in [1.29, 1.82) is 0 Å². The SMILES string of the molecule is COCCN(CC1CCCN(C2Cc3ccccc3C2)C1)C(=O)C=C(C)C. The van der Waals surface area contributed by atoms with Gasteiger partial charge in [0.1, 0.15) is 0 Å². The number of nitrogens with zero attached hydrogens (tertiary/aromatic N) is 2. The molecular formula is C23H34N2O2. The number of carbonyl (C=O) groups excluding carboxylic acids is 1.